The van der Waals surface area contributed by atoms with E-state index in [1.165, 1.54) is 28.9 Å². The SMILES string of the molecule is C[C@H]1Oc2cc(cnc2N)/C(NCC2CC2)=C(/N=N)Cc2cc(C(F)F)nn2-c2ccc(F)cc21. The van der Waals surface area contributed by atoms with E-state index in [4.69, 9.17) is 16.0 Å². The molecule has 0 radical (unpaired) electrons. The average Bonchev–Trinajstić information content (AvgIpc) is 3.56. The first-order valence-electron chi connectivity index (χ1n) is 11.3. The van der Waals surface area contributed by atoms with Gasteiger partial charge in [-0.3, -0.25) is 0 Å². The molecule has 2 bridgehead atoms. The van der Waals surface area contributed by atoms with Gasteiger partial charge in [0.2, 0.25) is 0 Å². The van der Waals surface area contributed by atoms with Crippen molar-refractivity contribution in [1.29, 1.82) is 5.53 Å². The minimum Gasteiger partial charge on any atom is -0.482 e. The number of aromatic nitrogens is 3. The first-order chi connectivity index (χ1) is 16.8. The molecule has 0 spiro atoms. The fourth-order valence-electron chi connectivity index (χ4n) is 4.16. The van der Waals surface area contributed by atoms with Crippen LogP contribution in [0.5, 0.6) is 5.75 Å². The molecule has 1 aliphatic carbocycles. The lowest BCUT2D eigenvalue weighted by Crippen LogP contribution is -2.19. The molecular weight excluding hydrogens is 459 g/mol. The van der Waals surface area contributed by atoms with E-state index < -0.39 is 24.0 Å². The molecule has 0 unspecified atom stereocenters. The summed E-state index contributed by atoms with van der Waals surface area (Å²) in [5, 5.41) is 11.2. The number of allylic oxidation sites excluding steroid dienone is 1. The number of nitrogens with zero attached hydrogens (tertiary/aromatic N) is 4. The van der Waals surface area contributed by atoms with Gasteiger partial charge in [-0.25, -0.2) is 28.4 Å². The van der Waals surface area contributed by atoms with Crippen LogP contribution in [-0.4, -0.2) is 21.3 Å². The van der Waals surface area contributed by atoms with Crippen molar-refractivity contribution in [1.82, 2.24) is 20.1 Å². The van der Waals surface area contributed by atoms with Crippen molar-refractivity contribution in [3.05, 3.63) is 70.6 Å². The highest BCUT2D eigenvalue weighted by atomic mass is 19.3. The van der Waals surface area contributed by atoms with Crippen molar-refractivity contribution in [3.8, 4) is 11.4 Å². The molecule has 35 heavy (non-hydrogen) atoms. The third-order valence-corrected chi connectivity index (χ3v) is 6.19. The molecule has 11 heteroatoms. The Morgan fingerprint density at radius 1 is 1.29 bits per heavy atom. The molecule has 1 saturated carbocycles. The van der Waals surface area contributed by atoms with Gasteiger partial charge in [0.05, 0.1) is 22.8 Å². The molecule has 1 aliphatic heterocycles. The first-order valence-corrected chi connectivity index (χ1v) is 11.3. The van der Waals surface area contributed by atoms with Crippen LogP contribution in [0, 0.1) is 17.3 Å². The molecule has 4 N–H and O–H groups in total. The number of benzene rings is 1. The van der Waals surface area contributed by atoms with Crippen molar-refractivity contribution in [2.24, 2.45) is 11.0 Å². The zero-order valence-corrected chi connectivity index (χ0v) is 18.9. The molecule has 1 aromatic carbocycles. The summed E-state index contributed by atoms with van der Waals surface area (Å²) in [6, 6.07) is 6.96. The lowest BCUT2D eigenvalue weighted by atomic mass is 10.0. The van der Waals surface area contributed by atoms with Crippen LogP contribution in [0.1, 0.15) is 54.8 Å². The molecule has 0 saturated heterocycles. The Bertz CT molecular complexity index is 1320. The molecule has 1 fully saturated rings. The van der Waals surface area contributed by atoms with E-state index in [9.17, 15) is 13.2 Å². The minimum absolute atomic E-state index is 0.0297. The Labute approximate surface area is 199 Å². The summed E-state index contributed by atoms with van der Waals surface area (Å²) in [6.45, 7) is 2.38. The highest BCUT2D eigenvalue weighted by molar-refractivity contribution is 5.70. The molecule has 182 valence electrons. The normalized spacial score (nSPS) is 19.7. The van der Waals surface area contributed by atoms with Crippen LogP contribution < -0.4 is 15.8 Å². The molecule has 5 rings (SSSR count). The van der Waals surface area contributed by atoms with Crippen molar-refractivity contribution in [2.45, 2.75) is 38.7 Å². The van der Waals surface area contributed by atoms with Crippen LogP contribution in [0.25, 0.3) is 11.4 Å². The summed E-state index contributed by atoms with van der Waals surface area (Å²) in [5.74, 6) is 0.421. The second kappa shape index (κ2) is 9.05. The largest absolute Gasteiger partial charge is 0.482 e. The fraction of sp³-hybridized carbons (Fsp3) is 0.333. The monoisotopic (exact) mass is 483 g/mol. The number of nitrogens with one attached hydrogen (secondary N) is 2. The van der Waals surface area contributed by atoms with Crippen molar-refractivity contribution < 1.29 is 17.9 Å². The van der Waals surface area contributed by atoms with Gasteiger partial charge < -0.3 is 15.8 Å². The van der Waals surface area contributed by atoms with Gasteiger partial charge in [-0.2, -0.15) is 10.2 Å². The number of nitrogens with two attached hydrogens (primary N) is 1. The number of alkyl halides is 2. The van der Waals surface area contributed by atoms with Gasteiger partial charge in [-0.05, 0) is 56.0 Å². The summed E-state index contributed by atoms with van der Waals surface area (Å²) in [5.41, 5.74) is 16.1. The zero-order chi connectivity index (χ0) is 24.7. The Balaban J connectivity index is 1.75. The van der Waals surface area contributed by atoms with E-state index in [0.717, 1.165) is 12.8 Å². The van der Waals surface area contributed by atoms with Gasteiger partial charge in [0.15, 0.2) is 11.6 Å². The quantitative estimate of drug-likeness (QED) is 0.425. The van der Waals surface area contributed by atoms with Gasteiger partial charge in [0, 0.05) is 30.3 Å². The maximum absolute atomic E-state index is 14.3. The van der Waals surface area contributed by atoms with E-state index in [0.29, 0.717) is 46.4 Å². The number of pyridine rings is 1. The molecule has 8 nitrogen and oxygen atoms in total. The average molecular weight is 483 g/mol. The number of anilines is 1. The minimum atomic E-state index is -2.81. The topological polar surface area (TPSA) is 114 Å². The van der Waals surface area contributed by atoms with E-state index in [2.05, 4.69) is 20.5 Å². The van der Waals surface area contributed by atoms with E-state index in [1.807, 2.05) is 0 Å². The maximum atomic E-state index is 14.3. The predicted molar refractivity (Wildman–Crippen MR) is 123 cm³/mol. The number of ether oxygens (including phenoxy) is 1. The Kier molecular flexibility index (Phi) is 5.91. The van der Waals surface area contributed by atoms with Crippen molar-refractivity contribution >= 4 is 11.5 Å². The van der Waals surface area contributed by atoms with Crippen LogP contribution in [0.4, 0.5) is 19.0 Å². The van der Waals surface area contributed by atoms with Crippen LogP contribution in [0.2, 0.25) is 0 Å². The van der Waals surface area contributed by atoms with E-state index in [1.54, 1.807) is 19.2 Å². The van der Waals surface area contributed by atoms with Gasteiger partial charge in [0.25, 0.3) is 6.43 Å². The number of hydrogen-bond acceptors (Lipinski definition) is 7. The Hall–Kier alpha value is -3.89. The summed E-state index contributed by atoms with van der Waals surface area (Å²) < 4.78 is 49.0. The molecule has 3 aromatic rings. The first kappa shape index (κ1) is 22.9. The molecule has 1 atom stereocenters. The van der Waals surface area contributed by atoms with Gasteiger partial charge >= 0.3 is 0 Å². The molecule has 3 heterocycles. The highest BCUT2D eigenvalue weighted by Crippen LogP contribution is 2.35. The summed E-state index contributed by atoms with van der Waals surface area (Å²) in [6.07, 6.45) is 0.277. The Morgan fingerprint density at radius 2 is 2.09 bits per heavy atom. The third-order valence-electron chi connectivity index (χ3n) is 6.19. The smallest absolute Gasteiger partial charge is 0.282 e. The summed E-state index contributed by atoms with van der Waals surface area (Å²) >= 11 is 0. The molecule has 0 amide bonds. The summed E-state index contributed by atoms with van der Waals surface area (Å²) in [4.78, 5) is 4.25. The second-order valence-corrected chi connectivity index (χ2v) is 8.78. The van der Waals surface area contributed by atoms with Gasteiger partial charge in [0.1, 0.15) is 17.6 Å². The van der Waals surface area contributed by atoms with Crippen molar-refractivity contribution in [2.75, 3.05) is 12.3 Å². The van der Waals surface area contributed by atoms with Gasteiger partial charge in [-0.1, -0.05) is 0 Å². The van der Waals surface area contributed by atoms with Crippen LogP contribution in [-0.2, 0) is 6.42 Å². The Morgan fingerprint density at radius 3 is 2.80 bits per heavy atom. The predicted octanol–water partition coefficient (Wildman–Crippen LogP) is 5.32. The van der Waals surface area contributed by atoms with Crippen LogP contribution >= 0.6 is 0 Å². The van der Waals surface area contributed by atoms with Gasteiger partial charge in [-0.15, -0.1) is 0 Å². The lowest BCUT2D eigenvalue weighted by molar-refractivity contribution is 0.145. The molecular formula is C24H24F3N7O. The highest BCUT2D eigenvalue weighted by Gasteiger charge is 2.26. The molecule has 2 aromatic heterocycles. The maximum Gasteiger partial charge on any atom is 0.282 e. The number of rotatable bonds is 5. The third kappa shape index (κ3) is 4.58. The van der Waals surface area contributed by atoms with Crippen LogP contribution in [0.15, 0.2) is 47.3 Å². The number of hydrogen-bond donors (Lipinski definition) is 3. The van der Waals surface area contributed by atoms with E-state index in [-0.39, 0.29) is 18.0 Å². The number of nitrogen functional groups attached to an aromatic ring is 1. The van der Waals surface area contributed by atoms with E-state index >= 15 is 0 Å². The number of halogens is 3. The fourth-order valence-corrected chi connectivity index (χ4v) is 4.16. The van der Waals surface area contributed by atoms with Crippen molar-refractivity contribution in [3.63, 3.8) is 0 Å². The zero-order valence-electron chi connectivity index (χ0n) is 18.9. The second-order valence-electron chi connectivity index (χ2n) is 8.78. The number of fused-ring (bicyclic) bond motifs is 5. The lowest BCUT2D eigenvalue weighted by Gasteiger charge is -2.22. The van der Waals surface area contributed by atoms with Crippen LogP contribution in [0.3, 0.4) is 0 Å². The summed E-state index contributed by atoms with van der Waals surface area (Å²) in [7, 11) is 0. The standard InChI is InChI=1S/C24H24F3N7O/c1-12-17-7-15(25)4-5-20(17)34-16(9-19(33-34)23(26)27)8-18(32-29)22(30-10-13-2-3-13)14-6-21(35-12)24(28)31-11-14/h4-7,9,11-13,23,29-30H,2-3,8,10H2,1H3,(H2,28,31)/b22-18-,32-29?/t12-/m1/s1. The molecule has 2 aliphatic rings.